The maximum Gasteiger partial charge on any atom is 0.411 e. The minimum Gasteiger partial charge on any atom is -0.480 e. The first kappa shape index (κ1) is 19.1. The van der Waals surface area contributed by atoms with E-state index in [-0.39, 0.29) is 13.1 Å². The molecular weight excluding hydrogens is 390 g/mol. The number of amides is 1. The number of rotatable bonds is 2. The van der Waals surface area contributed by atoms with Gasteiger partial charge in [-0.1, -0.05) is 15.9 Å². The summed E-state index contributed by atoms with van der Waals surface area (Å²) in [6.07, 6.45) is -0.643. The van der Waals surface area contributed by atoms with Gasteiger partial charge in [-0.25, -0.2) is 9.59 Å². The molecule has 1 atom stereocenters. The Hall–Kier alpha value is -2.27. The lowest BCUT2D eigenvalue weighted by Gasteiger charge is -2.40. The third kappa shape index (κ3) is 4.63. The van der Waals surface area contributed by atoms with E-state index in [0.29, 0.717) is 17.8 Å². The standard InChI is InChI=1S/C17H20BrN3O4/c1-17(2,3)25-16(24)21-7-6-20(10-14(21)15(22)23)13-5-4-12(18)8-11(13)9-19/h4-5,8,14H,6-7,10H2,1-3H3,(H,22,23). The number of carboxylic acid groups (broad SMARTS) is 1. The van der Waals surface area contributed by atoms with E-state index < -0.39 is 23.7 Å². The molecule has 1 unspecified atom stereocenters. The highest BCUT2D eigenvalue weighted by atomic mass is 79.9. The Labute approximate surface area is 154 Å². The molecule has 1 saturated heterocycles. The summed E-state index contributed by atoms with van der Waals surface area (Å²) in [7, 11) is 0. The van der Waals surface area contributed by atoms with Gasteiger partial charge >= 0.3 is 12.1 Å². The first-order chi connectivity index (χ1) is 11.6. The summed E-state index contributed by atoms with van der Waals surface area (Å²) in [5, 5.41) is 18.9. The number of hydrogen-bond acceptors (Lipinski definition) is 5. The summed E-state index contributed by atoms with van der Waals surface area (Å²) in [6, 6.07) is 6.33. The second-order valence-electron chi connectivity index (χ2n) is 6.75. The molecule has 1 aromatic carbocycles. The van der Waals surface area contributed by atoms with Crippen LogP contribution >= 0.6 is 15.9 Å². The predicted octanol–water partition coefficient (Wildman–Crippen LogP) is 2.83. The molecule has 0 saturated carbocycles. The number of carboxylic acids is 1. The minimum absolute atomic E-state index is 0.0882. The maximum absolute atomic E-state index is 12.3. The lowest BCUT2D eigenvalue weighted by Crippen LogP contribution is -2.59. The number of hydrogen-bond donors (Lipinski definition) is 1. The zero-order chi connectivity index (χ0) is 18.8. The molecule has 1 fully saturated rings. The second-order valence-corrected chi connectivity index (χ2v) is 7.66. The molecule has 1 aliphatic heterocycles. The molecule has 2 rings (SSSR count). The van der Waals surface area contributed by atoms with Crippen LogP contribution in [-0.2, 0) is 9.53 Å². The van der Waals surface area contributed by atoms with Gasteiger partial charge in [-0.2, -0.15) is 5.26 Å². The molecule has 0 spiro atoms. The number of nitriles is 1. The highest BCUT2D eigenvalue weighted by molar-refractivity contribution is 9.10. The van der Waals surface area contributed by atoms with Crippen LogP contribution < -0.4 is 4.90 Å². The third-order valence-corrected chi connectivity index (χ3v) is 4.21. The van der Waals surface area contributed by atoms with Crippen molar-refractivity contribution in [2.75, 3.05) is 24.5 Å². The van der Waals surface area contributed by atoms with Crippen LogP contribution in [-0.4, -0.2) is 53.3 Å². The van der Waals surface area contributed by atoms with Crippen LogP contribution in [0.4, 0.5) is 10.5 Å². The van der Waals surface area contributed by atoms with E-state index in [0.717, 1.165) is 4.47 Å². The van der Waals surface area contributed by atoms with Crippen molar-refractivity contribution >= 4 is 33.7 Å². The van der Waals surface area contributed by atoms with Crippen molar-refractivity contribution in [2.45, 2.75) is 32.4 Å². The van der Waals surface area contributed by atoms with E-state index in [1.54, 1.807) is 39.0 Å². The van der Waals surface area contributed by atoms with Gasteiger partial charge in [-0.3, -0.25) is 4.90 Å². The lowest BCUT2D eigenvalue weighted by atomic mass is 10.1. The molecule has 0 radical (unpaired) electrons. The fourth-order valence-corrected chi connectivity index (χ4v) is 2.99. The van der Waals surface area contributed by atoms with E-state index >= 15 is 0 Å². The highest BCUT2D eigenvalue weighted by Gasteiger charge is 2.38. The largest absolute Gasteiger partial charge is 0.480 e. The van der Waals surface area contributed by atoms with Crippen molar-refractivity contribution in [3.8, 4) is 6.07 Å². The summed E-state index contributed by atoms with van der Waals surface area (Å²) in [6.45, 7) is 5.91. The number of nitrogens with zero attached hydrogens (tertiary/aromatic N) is 3. The van der Waals surface area contributed by atoms with Crippen LogP contribution in [0.1, 0.15) is 26.3 Å². The van der Waals surface area contributed by atoms with Gasteiger partial charge in [0.05, 0.1) is 11.3 Å². The van der Waals surface area contributed by atoms with Crippen LogP contribution in [0.2, 0.25) is 0 Å². The number of carbonyl (C=O) groups excluding carboxylic acids is 1. The van der Waals surface area contributed by atoms with Crippen LogP contribution in [0.25, 0.3) is 0 Å². The number of anilines is 1. The predicted molar refractivity (Wildman–Crippen MR) is 95.4 cm³/mol. The average Bonchev–Trinajstić information content (AvgIpc) is 2.52. The molecule has 1 aromatic rings. The van der Waals surface area contributed by atoms with Crippen molar-refractivity contribution in [1.82, 2.24) is 4.90 Å². The van der Waals surface area contributed by atoms with Gasteiger partial charge in [-0.15, -0.1) is 0 Å². The topological polar surface area (TPSA) is 93.9 Å². The summed E-state index contributed by atoms with van der Waals surface area (Å²) in [5.41, 5.74) is 0.404. The molecule has 0 aliphatic carbocycles. The molecule has 1 aliphatic rings. The Morgan fingerprint density at radius 2 is 2.04 bits per heavy atom. The van der Waals surface area contributed by atoms with Crippen LogP contribution in [0.15, 0.2) is 22.7 Å². The van der Waals surface area contributed by atoms with Gasteiger partial charge in [0.2, 0.25) is 0 Å². The Bertz CT molecular complexity index is 724. The van der Waals surface area contributed by atoms with Crippen molar-refractivity contribution in [1.29, 1.82) is 5.26 Å². The normalized spacial score (nSPS) is 17.8. The third-order valence-electron chi connectivity index (χ3n) is 3.71. The van der Waals surface area contributed by atoms with E-state index in [1.807, 2.05) is 4.90 Å². The molecule has 134 valence electrons. The molecule has 1 heterocycles. The highest BCUT2D eigenvalue weighted by Crippen LogP contribution is 2.27. The Morgan fingerprint density at radius 1 is 1.36 bits per heavy atom. The molecule has 1 N–H and O–H groups in total. The zero-order valence-electron chi connectivity index (χ0n) is 14.3. The van der Waals surface area contributed by atoms with Gasteiger partial charge in [0.1, 0.15) is 17.7 Å². The van der Waals surface area contributed by atoms with Crippen molar-refractivity contribution < 1.29 is 19.4 Å². The molecule has 1 amide bonds. The number of carbonyl (C=O) groups is 2. The number of aliphatic carboxylic acids is 1. The molecule has 7 nitrogen and oxygen atoms in total. The average molecular weight is 410 g/mol. The molecule has 25 heavy (non-hydrogen) atoms. The van der Waals surface area contributed by atoms with E-state index in [2.05, 4.69) is 22.0 Å². The Morgan fingerprint density at radius 3 is 2.60 bits per heavy atom. The number of benzene rings is 1. The summed E-state index contributed by atoms with van der Waals surface area (Å²) < 4.78 is 6.08. The van der Waals surface area contributed by atoms with E-state index in [9.17, 15) is 20.0 Å². The summed E-state index contributed by atoms with van der Waals surface area (Å²) >= 11 is 3.32. The van der Waals surface area contributed by atoms with Crippen molar-refractivity contribution in [2.24, 2.45) is 0 Å². The van der Waals surface area contributed by atoms with E-state index in [1.165, 1.54) is 4.90 Å². The van der Waals surface area contributed by atoms with Gasteiger partial charge in [0, 0.05) is 24.1 Å². The molecule has 0 aromatic heterocycles. The first-order valence-electron chi connectivity index (χ1n) is 7.79. The molecular formula is C17H20BrN3O4. The van der Waals surface area contributed by atoms with Gasteiger partial charge in [-0.05, 0) is 39.0 Å². The van der Waals surface area contributed by atoms with Gasteiger partial charge < -0.3 is 14.7 Å². The van der Waals surface area contributed by atoms with Crippen molar-refractivity contribution in [3.05, 3.63) is 28.2 Å². The fourth-order valence-electron chi connectivity index (χ4n) is 2.63. The SMILES string of the molecule is CC(C)(C)OC(=O)N1CCN(c2ccc(Br)cc2C#N)CC1C(=O)O. The maximum atomic E-state index is 12.3. The first-order valence-corrected chi connectivity index (χ1v) is 8.58. The fraction of sp³-hybridized carbons (Fsp3) is 0.471. The quantitative estimate of drug-likeness (QED) is 0.806. The number of halogens is 1. The van der Waals surface area contributed by atoms with Crippen molar-refractivity contribution in [3.63, 3.8) is 0 Å². The Balaban J connectivity index is 2.23. The van der Waals surface area contributed by atoms with Crippen LogP contribution in [0.5, 0.6) is 0 Å². The second kappa shape index (κ2) is 7.31. The zero-order valence-corrected chi connectivity index (χ0v) is 15.9. The lowest BCUT2D eigenvalue weighted by molar-refractivity contribution is -0.143. The monoisotopic (exact) mass is 409 g/mol. The number of piperazine rings is 1. The van der Waals surface area contributed by atoms with E-state index in [4.69, 9.17) is 4.74 Å². The molecule has 8 heteroatoms. The smallest absolute Gasteiger partial charge is 0.411 e. The number of ether oxygens (including phenoxy) is 1. The van der Waals surface area contributed by atoms with Crippen LogP contribution in [0.3, 0.4) is 0 Å². The molecule has 0 bridgehead atoms. The minimum atomic E-state index is -1.11. The summed E-state index contributed by atoms with van der Waals surface area (Å²) in [4.78, 5) is 27.0. The van der Waals surface area contributed by atoms with Gasteiger partial charge in [0.25, 0.3) is 0 Å². The van der Waals surface area contributed by atoms with Gasteiger partial charge in [0.15, 0.2) is 0 Å². The van der Waals surface area contributed by atoms with Crippen LogP contribution in [0, 0.1) is 11.3 Å². The Kier molecular flexibility index (Phi) is 5.58. The summed E-state index contributed by atoms with van der Waals surface area (Å²) in [5.74, 6) is -1.11.